The maximum absolute atomic E-state index is 11.8. The lowest BCUT2D eigenvalue weighted by Gasteiger charge is -2.19. The largest absolute Gasteiger partial charge is 0.311 e. The SMILES string of the molecule is CCc1c(C#N)c(NC(C)=O)n(-c2c(C)cc(C)cc2C)c1CC. The van der Waals surface area contributed by atoms with Crippen molar-refractivity contribution >= 4 is 11.7 Å². The van der Waals surface area contributed by atoms with Crippen LogP contribution in [-0.2, 0) is 17.6 Å². The Labute approximate surface area is 144 Å². The van der Waals surface area contributed by atoms with Crippen molar-refractivity contribution in [3.8, 4) is 11.8 Å². The molecule has 0 fully saturated rings. The summed E-state index contributed by atoms with van der Waals surface area (Å²) >= 11 is 0. The lowest BCUT2D eigenvalue weighted by molar-refractivity contribution is -0.114. The molecule has 0 saturated carbocycles. The Hall–Kier alpha value is -2.54. The predicted molar refractivity (Wildman–Crippen MR) is 97.8 cm³/mol. The van der Waals surface area contributed by atoms with Gasteiger partial charge >= 0.3 is 0 Å². The van der Waals surface area contributed by atoms with Gasteiger partial charge in [-0.3, -0.25) is 9.36 Å². The van der Waals surface area contributed by atoms with E-state index in [2.05, 4.69) is 55.8 Å². The number of carbonyl (C=O) groups is 1. The van der Waals surface area contributed by atoms with Crippen molar-refractivity contribution in [2.45, 2.75) is 54.4 Å². The zero-order chi connectivity index (χ0) is 18.0. The molecule has 0 aliphatic heterocycles. The van der Waals surface area contributed by atoms with E-state index in [0.29, 0.717) is 11.4 Å². The van der Waals surface area contributed by atoms with E-state index in [1.54, 1.807) is 0 Å². The Balaban J connectivity index is 2.94. The molecule has 1 amide bonds. The summed E-state index contributed by atoms with van der Waals surface area (Å²) in [5, 5.41) is 12.6. The summed E-state index contributed by atoms with van der Waals surface area (Å²) < 4.78 is 2.07. The number of carbonyl (C=O) groups excluding carboxylic acids is 1. The minimum absolute atomic E-state index is 0.169. The monoisotopic (exact) mass is 323 g/mol. The fourth-order valence-electron chi connectivity index (χ4n) is 3.60. The number of aryl methyl sites for hydroxylation is 3. The normalized spacial score (nSPS) is 10.5. The van der Waals surface area contributed by atoms with Crippen LogP contribution in [-0.4, -0.2) is 10.5 Å². The molecule has 0 aliphatic carbocycles. The number of anilines is 1. The Morgan fingerprint density at radius 2 is 1.75 bits per heavy atom. The first kappa shape index (κ1) is 17.8. The number of hydrogen-bond donors (Lipinski definition) is 1. The highest BCUT2D eigenvalue weighted by Gasteiger charge is 2.24. The third-order valence-corrected chi connectivity index (χ3v) is 4.33. The van der Waals surface area contributed by atoms with Gasteiger partial charge in [0, 0.05) is 12.6 Å². The zero-order valence-corrected chi connectivity index (χ0v) is 15.4. The van der Waals surface area contributed by atoms with Crippen LogP contribution >= 0.6 is 0 Å². The molecule has 24 heavy (non-hydrogen) atoms. The first-order chi connectivity index (χ1) is 11.3. The van der Waals surface area contributed by atoms with Gasteiger partial charge in [-0.1, -0.05) is 31.5 Å². The molecule has 0 saturated heterocycles. The topological polar surface area (TPSA) is 57.8 Å². The first-order valence-corrected chi connectivity index (χ1v) is 8.37. The van der Waals surface area contributed by atoms with Crippen LogP contribution in [0, 0.1) is 32.1 Å². The second kappa shape index (κ2) is 6.92. The molecule has 4 nitrogen and oxygen atoms in total. The molecular formula is C20H25N3O. The van der Waals surface area contributed by atoms with E-state index in [1.807, 2.05) is 6.92 Å². The van der Waals surface area contributed by atoms with Crippen LogP contribution in [0.25, 0.3) is 5.69 Å². The van der Waals surface area contributed by atoms with Gasteiger partial charge in [-0.15, -0.1) is 0 Å². The molecule has 1 aromatic carbocycles. The van der Waals surface area contributed by atoms with Crippen LogP contribution in [0.5, 0.6) is 0 Å². The Bertz CT molecular complexity index is 815. The number of hydrogen-bond acceptors (Lipinski definition) is 2. The van der Waals surface area contributed by atoms with Crippen LogP contribution in [0.4, 0.5) is 5.82 Å². The summed E-state index contributed by atoms with van der Waals surface area (Å²) in [6.07, 6.45) is 1.56. The number of nitrogens with one attached hydrogen (secondary N) is 1. The standard InChI is InChI=1S/C20H25N3O/c1-7-16-17(11-21)20(22-15(6)24)23(18(16)8-2)19-13(4)9-12(3)10-14(19)5/h9-10H,7-8H2,1-6H3,(H,22,24). The summed E-state index contributed by atoms with van der Waals surface area (Å²) in [5.41, 5.74) is 7.21. The van der Waals surface area contributed by atoms with Crippen molar-refractivity contribution in [1.29, 1.82) is 5.26 Å². The van der Waals surface area contributed by atoms with Crippen molar-refractivity contribution < 1.29 is 4.79 Å². The van der Waals surface area contributed by atoms with Gasteiger partial charge in [-0.2, -0.15) is 5.26 Å². The van der Waals surface area contributed by atoms with Gasteiger partial charge < -0.3 is 5.32 Å². The molecular weight excluding hydrogens is 298 g/mol. The maximum Gasteiger partial charge on any atom is 0.222 e. The number of nitrogens with zero attached hydrogens (tertiary/aromatic N) is 2. The minimum Gasteiger partial charge on any atom is -0.311 e. The predicted octanol–water partition coefficient (Wildman–Crippen LogP) is 4.36. The van der Waals surface area contributed by atoms with Gasteiger partial charge in [0.15, 0.2) is 0 Å². The summed E-state index contributed by atoms with van der Waals surface area (Å²) in [6, 6.07) is 6.57. The van der Waals surface area contributed by atoms with E-state index in [4.69, 9.17) is 0 Å². The first-order valence-electron chi connectivity index (χ1n) is 8.37. The molecule has 2 rings (SSSR count). The molecule has 4 heteroatoms. The second-order valence-corrected chi connectivity index (χ2v) is 6.23. The highest BCUT2D eigenvalue weighted by molar-refractivity contribution is 5.90. The summed E-state index contributed by atoms with van der Waals surface area (Å²) in [4.78, 5) is 11.8. The fraction of sp³-hybridized carbons (Fsp3) is 0.400. The number of rotatable bonds is 4. The van der Waals surface area contributed by atoms with Crippen molar-refractivity contribution in [2.75, 3.05) is 5.32 Å². The number of amides is 1. The average molecular weight is 323 g/mol. The van der Waals surface area contributed by atoms with Crippen molar-refractivity contribution in [3.63, 3.8) is 0 Å². The summed E-state index contributed by atoms with van der Waals surface area (Å²) in [6.45, 7) is 11.8. The third-order valence-electron chi connectivity index (χ3n) is 4.33. The van der Waals surface area contributed by atoms with E-state index in [0.717, 1.165) is 40.9 Å². The van der Waals surface area contributed by atoms with Crippen molar-refractivity contribution in [3.05, 3.63) is 45.6 Å². The van der Waals surface area contributed by atoms with Crippen LogP contribution in [0.1, 0.15) is 54.3 Å². The van der Waals surface area contributed by atoms with Crippen LogP contribution in [0.3, 0.4) is 0 Å². The number of benzene rings is 1. The summed E-state index contributed by atoms with van der Waals surface area (Å²) in [7, 11) is 0. The van der Waals surface area contributed by atoms with Crippen molar-refractivity contribution in [1.82, 2.24) is 4.57 Å². The van der Waals surface area contributed by atoms with Gasteiger partial charge in [0.2, 0.25) is 5.91 Å². The Kier molecular flexibility index (Phi) is 5.14. The molecule has 0 unspecified atom stereocenters. The number of nitriles is 1. The Morgan fingerprint density at radius 3 is 2.17 bits per heavy atom. The van der Waals surface area contributed by atoms with E-state index >= 15 is 0 Å². The van der Waals surface area contributed by atoms with E-state index in [-0.39, 0.29) is 5.91 Å². The lowest BCUT2D eigenvalue weighted by Crippen LogP contribution is -2.14. The van der Waals surface area contributed by atoms with E-state index < -0.39 is 0 Å². The van der Waals surface area contributed by atoms with Crippen molar-refractivity contribution in [2.24, 2.45) is 0 Å². The molecule has 1 N–H and O–H groups in total. The third kappa shape index (κ3) is 2.94. The summed E-state index contributed by atoms with van der Waals surface area (Å²) in [5.74, 6) is 0.423. The molecule has 0 aliphatic rings. The lowest BCUT2D eigenvalue weighted by atomic mass is 10.0. The molecule has 126 valence electrons. The minimum atomic E-state index is -0.169. The van der Waals surface area contributed by atoms with Gasteiger partial charge in [-0.25, -0.2) is 0 Å². The van der Waals surface area contributed by atoms with Gasteiger partial charge in [0.25, 0.3) is 0 Å². The molecule has 0 radical (unpaired) electrons. The highest BCUT2D eigenvalue weighted by Crippen LogP contribution is 2.34. The molecule has 1 aromatic heterocycles. The highest BCUT2D eigenvalue weighted by atomic mass is 16.1. The van der Waals surface area contributed by atoms with Gasteiger partial charge in [0.05, 0.1) is 11.3 Å². The van der Waals surface area contributed by atoms with E-state index in [9.17, 15) is 10.1 Å². The maximum atomic E-state index is 11.8. The van der Waals surface area contributed by atoms with Crippen LogP contribution in [0.2, 0.25) is 0 Å². The molecule has 1 heterocycles. The fourth-order valence-corrected chi connectivity index (χ4v) is 3.60. The van der Waals surface area contributed by atoms with Crippen LogP contribution < -0.4 is 5.32 Å². The average Bonchev–Trinajstić information content (AvgIpc) is 2.78. The molecule has 0 bridgehead atoms. The quantitative estimate of drug-likeness (QED) is 0.909. The smallest absolute Gasteiger partial charge is 0.222 e. The molecule has 0 spiro atoms. The van der Waals surface area contributed by atoms with Crippen LogP contribution in [0.15, 0.2) is 12.1 Å². The van der Waals surface area contributed by atoms with E-state index in [1.165, 1.54) is 12.5 Å². The second-order valence-electron chi connectivity index (χ2n) is 6.23. The molecule has 2 aromatic rings. The van der Waals surface area contributed by atoms with Gasteiger partial charge in [0.1, 0.15) is 11.9 Å². The Morgan fingerprint density at radius 1 is 1.17 bits per heavy atom. The number of aromatic nitrogens is 1. The zero-order valence-electron chi connectivity index (χ0n) is 15.4. The van der Waals surface area contributed by atoms with Gasteiger partial charge in [-0.05, 0) is 50.3 Å². The molecule has 0 atom stereocenters.